The maximum Gasteiger partial charge on any atom is 0.256 e. The molecule has 0 N–H and O–H groups in total. The van der Waals surface area contributed by atoms with E-state index in [1.165, 1.54) is 6.26 Å². The Bertz CT molecular complexity index is 475. The Morgan fingerprint density at radius 1 is 1.46 bits per heavy atom. The molecule has 0 aliphatic rings. The number of halogens is 2. The highest BCUT2D eigenvalue weighted by Crippen LogP contribution is 2.26. The molecule has 1 aromatic heterocycles. The van der Waals surface area contributed by atoms with Crippen molar-refractivity contribution in [3.8, 4) is 0 Å². The fourth-order valence-corrected chi connectivity index (χ4v) is 1.81. The molecule has 0 amide bonds. The van der Waals surface area contributed by atoms with E-state index in [0.29, 0.717) is 11.1 Å². The largest absolute Gasteiger partial charge is 0.464 e. The average molecular weight is 259 g/mol. The Balaban J connectivity index is 2.84. The SMILES string of the molecule is O=C(Cl)c1cc(Br)cc2ccoc12. The van der Waals surface area contributed by atoms with E-state index in [9.17, 15) is 4.79 Å². The molecule has 0 saturated carbocycles. The van der Waals surface area contributed by atoms with E-state index >= 15 is 0 Å². The van der Waals surface area contributed by atoms with Crippen LogP contribution in [0.5, 0.6) is 0 Å². The zero-order valence-electron chi connectivity index (χ0n) is 6.38. The van der Waals surface area contributed by atoms with Gasteiger partial charge < -0.3 is 4.42 Å². The minimum absolute atomic E-state index is 0.385. The summed E-state index contributed by atoms with van der Waals surface area (Å²) in [6.45, 7) is 0. The second-order valence-electron chi connectivity index (χ2n) is 2.57. The summed E-state index contributed by atoms with van der Waals surface area (Å²) in [5, 5.41) is 0.347. The fraction of sp³-hybridized carbons (Fsp3) is 0. The highest BCUT2D eigenvalue weighted by molar-refractivity contribution is 9.10. The predicted octanol–water partition coefficient (Wildman–Crippen LogP) is 3.57. The predicted molar refractivity (Wildman–Crippen MR) is 54.1 cm³/mol. The van der Waals surface area contributed by atoms with Gasteiger partial charge in [0.1, 0.15) is 5.58 Å². The summed E-state index contributed by atoms with van der Waals surface area (Å²) in [5.74, 6) is 0. The molecule has 0 unspecified atom stereocenters. The number of hydrogen-bond acceptors (Lipinski definition) is 2. The van der Waals surface area contributed by atoms with Gasteiger partial charge in [-0.1, -0.05) is 15.9 Å². The van der Waals surface area contributed by atoms with Crippen molar-refractivity contribution in [2.24, 2.45) is 0 Å². The average Bonchev–Trinajstić information content (AvgIpc) is 2.49. The van der Waals surface area contributed by atoms with Crippen molar-refractivity contribution in [2.75, 3.05) is 0 Å². The third-order valence-electron chi connectivity index (χ3n) is 1.73. The number of hydrogen-bond donors (Lipinski definition) is 0. The lowest BCUT2D eigenvalue weighted by molar-refractivity contribution is 0.108. The molecule has 4 heteroatoms. The van der Waals surface area contributed by atoms with Crippen LogP contribution in [-0.2, 0) is 0 Å². The summed E-state index contributed by atoms with van der Waals surface area (Å²) in [6, 6.07) is 5.28. The topological polar surface area (TPSA) is 30.2 Å². The van der Waals surface area contributed by atoms with E-state index in [0.717, 1.165) is 9.86 Å². The highest BCUT2D eigenvalue weighted by Gasteiger charge is 2.11. The lowest BCUT2D eigenvalue weighted by Gasteiger charge is -1.96. The number of fused-ring (bicyclic) bond motifs is 1. The molecule has 2 nitrogen and oxygen atoms in total. The minimum atomic E-state index is -0.513. The molecule has 0 fully saturated rings. The number of furan rings is 1. The van der Waals surface area contributed by atoms with Gasteiger partial charge in [0.2, 0.25) is 0 Å². The first-order chi connectivity index (χ1) is 6.18. The molecular formula is C9H4BrClO2. The molecule has 2 aromatic rings. The summed E-state index contributed by atoms with van der Waals surface area (Å²) in [7, 11) is 0. The van der Waals surface area contributed by atoms with Gasteiger partial charge in [-0.25, -0.2) is 0 Å². The molecule has 2 rings (SSSR count). The van der Waals surface area contributed by atoms with Gasteiger partial charge in [-0.15, -0.1) is 0 Å². The Labute approximate surface area is 87.6 Å². The van der Waals surface area contributed by atoms with Gasteiger partial charge >= 0.3 is 0 Å². The van der Waals surface area contributed by atoms with Crippen molar-refractivity contribution in [1.82, 2.24) is 0 Å². The molecule has 13 heavy (non-hydrogen) atoms. The maximum atomic E-state index is 11.0. The third kappa shape index (κ3) is 1.49. The molecule has 0 aliphatic carbocycles. The highest BCUT2D eigenvalue weighted by atomic mass is 79.9. The Kier molecular flexibility index (Phi) is 2.14. The van der Waals surface area contributed by atoms with Crippen LogP contribution in [0.15, 0.2) is 33.4 Å². The Hall–Kier alpha value is -0.800. The lowest BCUT2D eigenvalue weighted by Crippen LogP contribution is -1.88. The Morgan fingerprint density at radius 2 is 2.23 bits per heavy atom. The summed E-state index contributed by atoms with van der Waals surface area (Å²) < 4.78 is 5.95. The monoisotopic (exact) mass is 258 g/mol. The van der Waals surface area contributed by atoms with Crippen LogP contribution in [0.3, 0.4) is 0 Å². The quantitative estimate of drug-likeness (QED) is 0.733. The van der Waals surface area contributed by atoms with Crippen LogP contribution in [0.25, 0.3) is 11.0 Å². The number of benzene rings is 1. The fourth-order valence-electron chi connectivity index (χ4n) is 1.19. The number of rotatable bonds is 1. The van der Waals surface area contributed by atoms with Crippen LogP contribution in [0.2, 0.25) is 0 Å². The van der Waals surface area contributed by atoms with Gasteiger partial charge in [-0.05, 0) is 29.8 Å². The molecule has 0 spiro atoms. The second kappa shape index (κ2) is 3.16. The number of carbonyl (C=O) groups is 1. The summed E-state index contributed by atoms with van der Waals surface area (Å²) in [6.07, 6.45) is 1.53. The lowest BCUT2D eigenvalue weighted by atomic mass is 10.2. The summed E-state index contributed by atoms with van der Waals surface area (Å²) in [5.41, 5.74) is 0.916. The zero-order valence-corrected chi connectivity index (χ0v) is 8.72. The van der Waals surface area contributed by atoms with Crippen molar-refractivity contribution in [3.05, 3.63) is 34.5 Å². The van der Waals surface area contributed by atoms with Crippen LogP contribution in [0.4, 0.5) is 0 Å². The van der Waals surface area contributed by atoms with Crippen LogP contribution < -0.4 is 0 Å². The summed E-state index contributed by atoms with van der Waals surface area (Å²) in [4.78, 5) is 11.0. The van der Waals surface area contributed by atoms with E-state index in [1.807, 2.05) is 6.07 Å². The van der Waals surface area contributed by atoms with Gasteiger partial charge in [0.05, 0.1) is 11.8 Å². The first-order valence-corrected chi connectivity index (χ1v) is 4.72. The molecule has 0 bridgehead atoms. The third-order valence-corrected chi connectivity index (χ3v) is 2.39. The molecule has 0 radical (unpaired) electrons. The minimum Gasteiger partial charge on any atom is -0.464 e. The van der Waals surface area contributed by atoms with Gasteiger partial charge in [0.25, 0.3) is 5.24 Å². The van der Waals surface area contributed by atoms with Crippen LogP contribution >= 0.6 is 27.5 Å². The van der Waals surface area contributed by atoms with Crippen molar-refractivity contribution >= 4 is 43.7 Å². The summed E-state index contributed by atoms with van der Waals surface area (Å²) >= 11 is 8.68. The molecule has 0 aliphatic heterocycles. The van der Waals surface area contributed by atoms with Gasteiger partial charge in [-0.2, -0.15) is 0 Å². The molecule has 0 atom stereocenters. The number of carbonyl (C=O) groups excluding carboxylic acids is 1. The normalized spacial score (nSPS) is 10.6. The van der Waals surface area contributed by atoms with Gasteiger partial charge in [-0.3, -0.25) is 4.79 Å². The van der Waals surface area contributed by atoms with Gasteiger partial charge in [0, 0.05) is 9.86 Å². The van der Waals surface area contributed by atoms with E-state index in [-0.39, 0.29) is 0 Å². The van der Waals surface area contributed by atoms with Crippen molar-refractivity contribution in [3.63, 3.8) is 0 Å². The van der Waals surface area contributed by atoms with Crippen LogP contribution in [-0.4, -0.2) is 5.24 Å². The second-order valence-corrected chi connectivity index (χ2v) is 3.82. The standard InChI is InChI=1S/C9H4BrClO2/c10-6-3-5-1-2-13-8(5)7(4-6)9(11)12/h1-4H. The van der Waals surface area contributed by atoms with Crippen molar-refractivity contribution < 1.29 is 9.21 Å². The van der Waals surface area contributed by atoms with Gasteiger partial charge in [0.15, 0.2) is 0 Å². The first-order valence-electron chi connectivity index (χ1n) is 3.55. The molecule has 0 saturated heterocycles. The molecule has 1 aromatic carbocycles. The molecular weight excluding hydrogens is 255 g/mol. The first kappa shape index (κ1) is 8.78. The Morgan fingerprint density at radius 3 is 2.92 bits per heavy atom. The zero-order chi connectivity index (χ0) is 9.42. The molecule has 1 heterocycles. The maximum absolute atomic E-state index is 11.0. The smallest absolute Gasteiger partial charge is 0.256 e. The van der Waals surface area contributed by atoms with Crippen LogP contribution in [0, 0.1) is 0 Å². The molecule has 66 valence electrons. The van der Waals surface area contributed by atoms with E-state index in [4.69, 9.17) is 16.0 Å². The van der Waals surface area contributed by atoms with E-state index < -0.39 is 5.24 Å². The van der Waals surface area contributed by atoms with Crippen molar-refractivity contribution in [2.45, 2.75) is 0 Å². The van der Waals surface area contributed by atoms with Crippen LogP contribution in [0.1, 0.15) is 10.4 Å². The van der Waals surface area contributed by atoms with E-state index in [1.54, 1.807) is 12.1 Å². The van der Waals surface area contributed by atoms with E-state index in [2.05, 4.69) is 15.9 Å². The van der Waals surface area contributed by atoms with Crippen molar-refractivity contribution in [1.29, 1.82) is 0 Å².